The van der Waals surface area contributed by atoms with Gasteiger partial charge >= 0.3 is 0 Å². The molecule has 1 fully saturated rings. The van der Waals surface area contributed by atoms with Crippen molar-refractivity contribution in [3.8, 4) is 5.75 Å². The molecule has 1 aliphatic heterocycles. The first-order valence-electron chi connectivity index (χ1n) is 6.94. The van der Waals surface area contributed by atoms with Gasteiger partial charge in [0.15, 0.2) is 5.75 Å². The largest absolute Gasteiger partial charge is 0.504 e. The van der Waals surface area contributed by atoms with Crippen LogP contribution in [0.4, 0.5) is 0 Å². The maximum absolute atomic E-state index is 9.75. The molecule has 3 rings (SSSR count). The van der Waals surface area contributed by atoms with E-state index in [1.807, 2.05) is 16.7 Å². The van der Waals surface area contributed by atoms with E-state index in [0.717, 1.165) is 12.2 Å². The zero-order chi connectivity index (χ0) is 13.4. The molecular formula is C14H20N4O. The summed E-state index contributed by atoms with van der Waals surface area (Å²) in [5.41, 5.74) is 0.548. The topological polar surface area (TPSA) is 53.7 Å². The van der Waals surface area contributed by atoms with Gasteiger partial charge in [-0.15, -0.1) is 10.2 Å². The Morgan fingerprint density at radius 1 is 1.42 bits per heavy atom. The van der Waals surface area contributed by atoms with E-state index < -0.39 is 0 Å². The van der Waals surface area contributed by atoms with E-state index in [-0.39, 0.29) is 5.75 Å². The molecule has 0 amide bonds. The predicted octanol–water partition coefficient (Wildman–Crippen LogP) is 1.85. The summed E-state index contributed by atoms with van der Waals surface area (Å²) in [6, 6.07) is 4.57. The summed E-state index contributed by atoms with van der Waals surface area (Å²) in [7, 11) is 0. The Morgan fingerprint density at radius 3 is 3.05 bits per heavy atom. The van der Waals surface area contributed by atoms with Crippen LogP contribution < -0.4 is 0 Å². The molecule has 2 aromatic rings. The maximum Gasteiger partial charge on any atom is 0.203 e. The standard InChI is InChI=1S/C14H20N4O/c1-10(2)17-7-3-5-11(17)9-13-15-16-14-12(19)6-4-8-18(13)14/h4,6,8,10-11,19H,3,5,7,9H2,1-2H3. The average molecular weight is 260 g/mol. The van der Waals surface area contributed by atoms with E-state index in [4.69, 9.17) is 0 Å². The zero-order valence-electron chi connectivity index (χ0n) is 11.5. The molecule has 1 saturated heterocycles. The quantitative estimate of drug-likeness (QED) is 0.915. The number of rotatable bonds is 3. The number of hydrogen-bond donors (Lipinski definition) is 1. The van der Waals surface area contributed by atoms with Crippen molar-refractivity contribution in [3.63, 3.8) is 0 Å². The smallest absolute Gasteiger partial charge is 0.203 e. The SMILES string of the molecule is CC(C)N1CCCC1Cc1nnc2c(O)cccn12. The second-order valence-electron chi connectivity index (χ2n) is 5.54. The Bertz CT molecular complexity index is 578. The molecule has 1 unspecified atom stereocenters. The first-order chi connectivity index (χ1) is 9.16. The van der Waals surface area contributed by atoms with Crippen molar-refractivity contribution >= 4 is 5.65 Å². The van der Waals surface area contributed by atoms with Crippen LogP contribution in [0.1, 0.15) is 32.5 Å². The molecule has 0 aromatic carbocycles. The van der Waals surface area contributed by atoms with Gasteiger partial charge in [-0.3, -0.25) is 9.30 Å². The Hall–Kier alpha value is -1.62. The first-order valence-corrected chi connectivity index (χ1v) is 6.94. The Kier molecular flexibility index (Phi) is 3.14. The molecule has 102 valence electrons. The fourth-order valence-electron chi connectivity index (χ4n) is 3.06. The Labute approximate surface area is 112 Å². The molecule has 0 aliphatic carbocycles. The van der Waals surface area contributed by atoms with Crippen LogP contribution in [0.2, 0.25) is 0 Å². The van der Waals surface area contributed by atoms with E-state index in [1.54, 1.807) is 6.07 Å². The van der Waals surface area contributed by atoms with Gasteiger partial charge in [0, 0.05) is 24.7 Å². The minimum absolute atomic E-state index is 0.188. The summed E-state index contributed by atoms with van der Waals surface area (Å²) in [6.07, 6.45) is 5.28. The third kappa shape index (κ3) is 2.18. The highest BCUT2D eigenvalue weighted by Crippen LogP contribution is 2.24. The van der Waals surface area contributed by atoms with Crippen molar-refractivity contribution in [3.05, 3.63) is 24.2 Å². The van der Waals surface area contributed by atoms with Crippen LogP contribution >= 0.6 is 0 Å². The first kappa shape index (κ1) is 12.4. The van der Waals surface area contributed by atoms with Gasteiger partial charge in [-0.25, -0.2) is 0 Å². The molecule has 5 heteroatoms. The fourth-order valence-corrected chi connectivity index (χ4v) is 3.06. The molecule has 0 bridgehead atoms. The summed E-state index contributed by atoms with van der Waals surface area (Å²) < 4.78 is 1.90. The van der Waals surface area contributed by atoms with Crippen molar-refractivity contribution in [2.75, 3.05) is 6.54 Å². The summed E-state index contributed by atoms with van der Waals surface area (Å²) in [5.74, 6) is 1.12. The van der Waals surface area contributed by atoms with Gasteiger partial charge in [-0.2, -0.15) is 0 Å². The lowest BCUT2D eigenvalue weighted by Crippen LogP contribution is -2.37. The molecule has 5 nitrogen and oxygen atoms in total. The third-order valence-electron chi connectivity index (χ3n) is 3.99. The average Bonchev–Trinajstić information content (AvgIpc) is 2.98. The van der Waals surface area contributed by atoms with Crippen LogP contribution in [0.5, 0.6) is 5.75 Å². The molecule has 2 aromatic heterocycles. The van der Waals surface area contributed by atoms with Gasteiger partial charge in [0.2, 0.25) is 5.65 Å². The minimum Gasteiger partial charge on any atom is -0.504 e. The van der Waals surface area contributed by atoms with E-state index in [9.17, 15) is 5.11 Å². The lowest BCUT2D eigenvalue weighted by molar-refractivity contribution is 0.200. The summed E-state index contributed by atoms with van der Waals surface area (Å²) in [5, 5.41) is 18.1. The Balaban J connectivity index is 1.87. The van der Waals surface area contributed by atoms with E-state index in [1.165, 1.54) is 19.4 Å². The maximum atomic E-state index is 9.75. The van der Waals surface area contributed by atoms with E-state index in [2.05, 4.69) is 28.9 Å². The molecule has 1 N–H and O–H groups in total. The summed E-state index contributed by atoms with van der Waals surface area (Å²) >= 11 is 0. The van der Waals surface area contributed by atoms with Crippen molar-refractivity contribution in [2.45, 2.75) is 45.2 Å². The van der Waals surface area contributed by atoms with Gasteiger partial charge in [0.25, 0.3) is 0 Å². The fraction of sp³-hybridized carbons (Fsp3) is 0.571. The minimum atomic E-state index is 0.188. The molecule has 1 atom stereocenters. The number of fused-ring (bicyclic) bond motifs is 1. The molecule has 0 spiro atoms. The van der Waals surface area contributed by atoms with E-state index in [0.29, 0.717) is 17.7 Å². The van der Waals surface area contributed by atoms with Crippen LogP contribution in [-0.4, -0.2) is 43.2 Å². The number of aromatic nitrogens is 3. The number of likely N-dealkylation sites (tertiary alicyclic amines) is 1. The molecule has 3 heterocycles. The zero-order valence-corrected chi connectivity index (χ0v) is 11.5. The van der Waals surface area contributed by atoms with Gasteiger partial charge in [0.1, 0.15) is 5.82 Å². The molecular weight excluding hydrogens is 240 g/mol. The lowest BCUT2D eigenvalue weighted by Gasteiger charge is -2.27. The summed E-state index contributed by atoms with van der Waals surface area (Å²) in [4.78, 5) is 2.53. The highest BCUT2D eigenvalue weighted by Gasteiger charge is 2.28. The van der Waals surface area contributed by atoms with Crippen molar-refractivity contribution < 1.29 is 5.11 Å². The lowest BCUT2D eigenvalue weighted by atomic mass is 10.1. The van der Waals surface area contributed by atoms with Gasteiger partial charge in [0.05, 0.1) is 0 Å². The number of pyridine rings is 1. The number of nitrogens with zero attached hydrogens (tertiary/aromatic N) is 4. The van der Waals surface area contributed by atoms with Crippen LogP contribution in [0, 0.1) is 0 Å². The number of hydrogen-bond acceptors (Lipinski definition) is 4. The van der Waals surface area contributed by atoms with Gasteiger partial charge in [-0.05, 0) is 45.4 Å². The Morgan fingerprint density at radius 2 is 2.26 bits per heavy atom. The summed E-state index contributed by atoms with van der Waals surface area (Å²) in [6.45, 7) is 5.66. The molecule has 0 radical (unpaired) electrons. The second kappa shape index (κ2) is 4.81. The molecule has 0 saturated carbocycles. The van der Waals surface area contributed by atoms with Crippen LogP contribution in [0.15, 0.2) is 18.3 Å². The van der Waals surface area contributed by atoms with Crippen molar-refractivity contribution in [2.24, 2.45) is 0 Å². The van der Waals surface area contributed by atoms with Crippen molar-refractivity contribution in [1.82, 2.24) is 19.5 Å². The molecule has 19 heavy (non-hydrogen) atoms. The van der Waals surface area contributed by atoms with E-state index >= 15 is 0 Å². The highest BCUT2D eigenvalue weighted by molar-refractivity contribution is 5.51. The van der Waals surface area contributed by atoms with Gasteiger partial charge in [-0.1, -0.05) is 0 Å². The van der Waals surface area contributed by atoms with Crippen LogP contribution in [-0.2, 0) is 6.42 Å². The monoisotopic (exact) mass is 260 g/mol. The van der Waals surface area contributed by atoms with Crippen LogP contribution in [0.3, 0.4) is 0 Å². The predicted molar refractivity (Wildman–Crippen MR) is 73.2 cm³/mol. The van der Waals surface area contributed by atoms with Gasteiger partial charge < -0.3 is 5.11 Å². The number of aromatic hydroxyl groups is 1. The normalized spacial score (nSPS) is 20.7. The van der Waals surface area contributed by atoms with Crippen molar-refractivity contribution in [1.29, 1.82) is 0 Å². The highest BCUT2D eigenvalue weighted by atomic mass is 16.3. The molecule has 1 aliphatic rings. The van der Waals surface area contributed by atoms with Crippen LogP contribution in [0.25, 0.3) is 5.65 Å². The third-order valence-corrected chi connectivity index (χ3v) is 3.99. The second-order valence-corrected chi connectivity index (χ2v) is 5.54.